The minimum atomic E-state index is -0.299. The Kier molecular flexibility index (Phi) is 2.92. The molecule has 3 atom stereocenters. The van der Waals surface area contributed by atoms with Crippen molar-refractivity contribution in [1.29, 1.82) is 0 Å². The highest BCUT2D eigenvalue weighted by Gasteiger charge is 2.64. The molecule has 1 N–H and O–H groups in total. The first kappa shape index (κ1) is 12.5. The first-order chi connectivity index (χ1) is 8.60. The second kappa shape index (κ2) is 4.22. The van der Waals surface area contributed by atoms with Gasteiger partial charge in [-0.05, 0) is 42.9 Å². The highest BCUT2D eigenvalue weighted by molar-refractivity contribution is 6.30. The number of aliphatic hydroxyl groups excluding tert-OH is 1. The molecule has 0 aromatic heterocycles. The molecule has 98 valence electrons. The Hall–Kier alpha value is -0.570. The van der Waals surface area contributed by atoms with Crippen LogP contribution in [-0.2, 0) is 11.2 Å². The van der Waals surface area contributed by atoms with Gasteiger partial charge in [0.25, 0.3) is 0 Å². The lowest BCUT2D eigenvalue weighted by molar-refractivity contribution is -0.275. The van der Waals surface area contributed by atoms with Crippen LogP contribution in [0.15, 0.2) is 24.3 Å². The third-order valence-electron chi connectivity index (χ3n) is 5.00. The molecule has 0 bridgehead atoms. The summed E-state index contributed by atoms with van der Waals surface area (Å²) >= 11 is 5.90. The fourth-order valence-electron chi connectivity index (χ4n) is 3.66. The van der Waals surface area contributed by atoms with Gasteiger partial charge in [-0.25, -0.2) is 0 Å². The molecule has 1 saturated carbocycles. The van der Waals surface area contributed by atoms with Gasteiger partial charge in [0.15, 0.2) is 0 Å². The molecular formula is C15H19ClO2. The molecule has 1 aliphatic carbocycles. The number of aliphatic hydroxyl groups is 1. The van der Waals surface area contributed by atoms with Crippen LogP contribution in [0.1, 0.15) is 25.3 Å². The van der Waals surface area contributed by atoms with Crippen molar-refractivity contribution in [1.82, 2.24) is 0 Å². The Morgan fingerprint density at radius 3 is 2.67 bits per heavy atom. The molecule has 0 amide bonds. The summed E-state index contributed by atoms with van der Waals surface area (Å²) in [7, 11) is 0. The van der Waals surface area contributed by atoms with Crippen LogP contribution in [0, 0.1) is 11.3 Å². The number of halogens is 1. The van der Waals surface area contributed by atoms with Gasteiger partial charge in [0, 0.05) is 10.4 Å². The quantitative estimate of drug-likeness (QED) is 0.911. The van der Waals surface area contributed by atoms with E-state index in [4.69, 9.17) is 16.3 Å². The summed E-state index contributed by atoms with van der Waals surface area (Å²) in [6.45, 7) is 3.18. The Labute approximate surface area is 113 Å². The number of benzene rings is 1. The smallest absolute Gasteiger partial charge is 0.102 e. The van der Waals surface area contributed by atoms with Crippen LogP contribution in [0.4, 0.5) is 0 Å². The second-order valence-electron chi connectivity index (χ2n) is 5.96. The number of hydrogen-bond acceptors (Lipinski definition) is 2. The van der Waals surface area contributed by atoms with Gasteiger partial charge >= 0.3 is 0 Å². The van der Waals surface area contributed by atoms with Gasteiger partial charge in [-0.15, -0.1) is 0 Å². The van der Waals surface area contributed by atoms with E-state index < -0.39 is 0 Å². The maximum absolute atomic E-state index is 9.76. The van der Waals surface area contributed by atoms with Crippen LogP contribution in [0.25, 0.3) is 0 Å². The molecule has 0 unspecified atom stereocenters. The van der Waals surface area contributed by atoms with Crippen LogP contribution in [0.3, 0.4) is 0 Å². The van der Waals surface area contributed by atoms with Crippen molar-refractivity contribution in [2.75, 3.05) is 13.2 Å². The number of rotatable bonds is 3. The summed E-state index contributed by atoms with van der Waals surface area (Å²) in [6, 6.07) is 8.00. The van der Waals surface area contributed by atoms with Crippen LogP contribution >= 0.6 is 11.6 Å². The number of ether oxygens (including phenoxy) is 1. The maximum Gasteiger partial charge on any atom is 0.102 e. The minimum absolute atomic E-state index is 0.141. The van der Waals surface area contributed by atoms with Crippen molar-refractivity contribution < 1.29 is 9.84 Å². The van der Waals surface area contributed by atoms with Gasteiger partial charge in [-0.2, -0.15) is 0 Å². The van der Waals surface area contributed by atoms with Gasteiger partial charge in [0.1, 0.15) is 5.60 Å². The summed E-state index contributed by atoms with van der Waals surface area (Å²) in [4.78, 5) is 0. The van der Waals surface area contributed by atoms with E-state index in [2.05, 4.69) is 19.1 Å². The molecule has 2 fully saturated rings. The third kappa shape index (κ3) is 1.63. The van der Waals surface area contributed by atoms with Gasteiger partial charge in [0.05, 0.1) is 13.2 Å². The topological polar surface area (TPSA) is 29.5 Å². The number of hydrogen-bond donors (Lipinski definition) is 1. The van der Waals surface area contributed by atoms with E-state index in [-0.39, 0.29) is 17.6 Å². The Balaban J connectivity index is 1.79. The lowest BCUT2D eigenvalue weighted by Gasteiger charge is -2.55. The van der Waals surface area contributed by atoms with Crippen LogP contribution < -0.4 is 0 Å². The average molecular weight is 267 g/mol. The SMILES string of the molecule is C[C@@]12CC[C@H](Cc3ccc(Cl)cc3)[C@]1(CO)OC2. The highest BCUT2D eigenvalue weighted by atomic mass is 35.5. The fraction of sp³-hybridized carbons (Fsp3) is 0.600. The standard InChI is InChI=1S/C15H19ClO2/c1-14-7-6-12(15(14,9-17)18-10-14)8-11-2-4-13(16)5-3-11/h2-5,12,17H,6-10H2,1H3/t12-,14+,15+/m1/s1. The van der Waals surface area contributed by atoms with Crippen molar-refractivity contribution in [3.63, 3.8) is 0 Å². The third-order valence-corrected chi connectivity index (χ3v) is 5.26. The molecule has 2 nitrogen and oxygen atoms in total. The molecule has 0 spiro atoms. The van der Waals surface area contributed by atoms with Crippen molar-refractivity contribution in [2.24, 2.45) is 11.3 Å². The van der Waals surface area contributed by atoms with Crippen molar-refractivity contribution in [2.45, 2.75) is 31.8 Å². The summed E-state index contributed by atoms with van der Waals surface area (Å²) in [5, 5.41) is 10.5. The average Bonchev–Trinajstić information content (AvgIpc) is 2.54. The van der Waals surface area contributed by atoms with Gasteiger partial charge in [-0.1, -0.05) is 30.7 Å². The molecular weight excluding hydrogens is 248 g/mol. The summed E-state index contributed by atoms with van der Waals surface area (Å²) < 4.78 is 5.83. The van der Waals surface area contributed by atoms with Crippen molar-refractivity contribution >= 4 is 11.6 Å². The van der Waals surface area contributed by atoms with Crippen LogP contribution in [0.5, 0.6) is 0 Å². The van der Waals surface area contributed by atoms with E-state index in [1.165, 1.54) is 5.56 Å². The predicted octanol–water partition coefficient (Wildman–Crippen LogP) is 3.06. The zero-order valence-electron chi connectivity index (χ0n) is 10.7. The van der Waals surface area contributed by atoms with Crippen molar-refractivity contribution in [3.05, 3.63) is 34.9 Å². The first-order valence-electron chi connectivity index (χ1n) is 6.59. The molecule has 0 radical (unpaired) electrons. The van der Waals surface area contributed by atoms with Crippen molar-refractivity contribution in [3.8, 4) is 0 Å². The van der Waals surface area contributed by atoms with Crippen LogP contribution in [0.2, 0.25) is 5.02 Å². The van der Waals surface area contributed by atoms with Gasteiger partial charge in [-0.3, -0.25) is 0 Å². The lowest BCUT2D eigenvalue weighted by Crippen LogP contribution is -2.63. The van der Waals surface area contributed by atoms with Gasteiger partial charge < -0.3 is 9.84 Å². The van der Waals surface area contributed by atoms with E-state index in [9.17, 15) is 5.11 Å². The van der Waals surface area contributed by atoms with E-state index in [0.717, 1.165) is 30.9 Å². The molecule has 1 aromatic rings. The second-order valence-corrected chi connectivity index (χ2v) is 6.40. The zero-order valence-corrected chi connectivity index (χ0v) is 11.4. The van der Waals surface area contributed by atoms with Crippen LogP contribution in [-0.4, -0.2) is 23.9 Å². The Morgan fingerprint density at radius 1 is 1.39 bits per heavy atom. The largest absolute Gasteiger partial charge is 0.393 e. The van der Waals surface area contributed by atoms with Gasteiger partial charge in [0.2, 0.25) is 0 Å². The molecule has 3 heteroatoms. The Morgan fingerprint density at radius 2 is 2.11 bits per heavy atom. The summed E-state index contributed by atoms with van der Waals surface area (Å²) in [6.07, 6.45) is 3.26. The molecule has 18 heavy (non-hydrogen) atoms. The van der Waals surface area contributed by atoms with E-state index in [1.807, 2.05) is 12.1 Å². The lowest BCUT2D eigenvalue weighted by atomic mass is 9.68. The normalized spacial score (nSPS) is 38.3. The van der Waals surface area contributed by atoms with E-state index >= 15 is 0 Å². The Bertz CT molecular complexity index is 440. The minimum Gasteiger partial charge on any atom is -0.393 e. The summed E-state index contributed by atoms with van der Waals surface area (Å²) in [5.41, 5.74) is 1.16. The first-order valence-corrected chi connectivity index (χ1v) is 6.97. The monoisotopic (exact) mass is 266 g/mol. The summed E-state index contributed by atoms with van der Waals surface area (Å²) in [5.74, 6) is 0.419. The fourth-order valence-corrected chi connectivity index (χ4v) is 3.79. The molecule has 2 aliphatic rings. The number of fused-ring (bicyclic) bond motifs is 1. The van der Waals surface area contributed by atoms with E-state index in [0.29, 0.717) is 5.92 Å². The molecule has 1 heterocycles. The highest BCUT2D eigenvalue weighted by Crippen LogP contribution is 2.59. The molecule has 3 rings (SSSR count). The van der Waals surface area contributed by atoms with E-state index in [1.54, 1.807) is 0 Å². The molecule has 1 aromatic carbocycles. The predicted molar refractivity (Wildman–Crippen MR) is 71.8 cm³/mol. The molecule has 1 aliphatic heterocycles. The maximum atomic E-state index is 9.76. The zero-order chi connectivity index (χ0) is 12.8. The molecule has 1 saturated heterocycles.